The largest absolute Gasteiger partial charge is 0.479 e. The van der Waals surface area contributed by atoms with Crippen LogP contribution in [0.5, 0.6) is 5.75 Å². The lowest BCUT2D eigenvalue weighted by atomic mass is 10.1. The molecule has 0 aliphatic carbocycles. The number of allylic oxidation sites excluding steroid dienone is 1. The number of hydrogen-bond donors (Lipinski definition) is 1. The van der Waals surface area contributed by atoms with Gasteiger partial charge in [-0.15, -0.1) is 0 Å². The molecule has 1 heterocycles. The Morgan fingerprint density at radius 1 is 1.22 bits per heavy atom. The quantitative estimate of drug-likeness (QED) is 0.153. The maximum atomic E-state index is 13.1. The zero-order valence-corrected chi connectivity index (χ0v) is 20.7. The number of rotatable bonds is 10. The summed E-state index contributed by atoms with van der Waals surface area (Å²) in [5, 5.41) is 5.62. The third-order valence-corrected chi connectivity index (χ3v) is 5.74. The van der Waals surface area contributed by atoms with E-state index in [1.165, 1.54) is 38.2 Å². The maximum absolute atomic E-state index is 13.1. The van der Waals surface area contributed by atoms with E-state index < -0.39 is 42.8 Å². The number of ether oxygens (including phenoxy) is 3. The predicted octanol–water partition coefficient (Wildman–Crippen LogP) is 2.85. The number of aldehydes is 2. The fourth-order valence-corrected chi connectivity index (χ4v) is 3.52. The van der Waals surface area contributed by atoms with E-state index in [0.29, 0.717) is 11.6 Å². The molecule has 3 unspecified atom stereocenters. The molecule has 36 heavy (non-hydrogen) atoms. The number of alkyl halides is 3. The SMILES string of the molecule is CON=C(OCC(=O)OC)C(C)Oc1ccc(CN2C(C=O)C=C(C(F)(F)F)NC2C=O)c(Cl)c1Cl. The number of nitrogens with zero attached hydrogens (tertiary/aromatic N) is 2. The molecule has 0 bridgehead atoms. The van der Waals surface area contributed by atoms with Crippen molar-refractivity contribution in [2.24, 2.45) is 5.16 Å². The van der Waals surface area contributed by atoms with Gasteiger partial charge in [-0.1, -0.05) is 29.3 Å². The van der Waals surface area contributed by atoms with Crippen molar-refractivity contribution >= 4 is 47.6 Å². The number of carbonyl (C=O) groups is 3. The Morgan fingerprint density at radius 3 is 2.47 bits per heavy atom. The number of carbonyl (C=O) groups excluding carboxylic acids is 3. The van der Waals surface area contributed by atoms with Crippen LogP contribution in [0.25, 0.3) is 0 Å². The number of oxime groups is 1. The number of nitrogens with one attached hydrogen (secondary N) is 1. The third-order valence-electron chi connectivity index (χ3n) is 4.83. The summed E-state index contributed by atoms with van der Waals surface area (Å²) in [6, 6.07) is 1.53. The second-order valence-corrected chi connectivity index (χ2v) is 7.95. The normalized spacial score (nSPS) is 19.4. The highest BCUT2D eigenvalue weighted by molar-refractivity contribution is 6.43. The molecule has 1 aliphatic heterocycles. The Labute approximate surface area is 213 Å². The first-order chi connectivity index (χ1) is 17.0. The average molecular weight is 556 g/mol. The summed E-state index contributed by atoms with van der Waals surface area (Å²) in [6.45, 7) is 0.874. The molecular formula is C21H22Cl2F3N3O7. The van der Waals surface area contributed by atoms with Crippen LogP contribution in [-0.4, -0.2) is 74.7 Å². The predicted molar refractivity (Wildman–Crippen MR) is 121 cm³/mol. The molecule has 1 N–H and O–H groups in total. The molecule has 1 aromatic carbocycles. The smallest absolute Gasteiger partial charge is 0.430 e. The molecule has 0 saturated heterocycles. The Balaban J connectivity index is 2.25. The summed E-state index contributed by atoms with van der Waals surface area (Å²) in [5.74, 6) is -0.685. The van der Waals surface area contributed by atoms with Crippen LogP contribution in [0, 0.1) is 0 Å². The fraction of sp³-hybridized carbons (Fsp3) is 0.429. The van der Waals surface area contributed by atoms with Gasteiger partial charge in [0, 0.05) is 6.54 Å². The van der Waals surface area contributed by atoms with Gasteiger partial charge in [0.15, 0.2) is 19.0 Å². The number of hydrogen-bond acceptors (Lipinski definition) is 10. The van der Waals surface area contributed by atoms with Gasteiger partial charge in [0.25, 0.3) is 5.90 Å². The molecular weight excluding hydrogens is 534 g/mol. The highest BCUT2D eigenvalue weighted by Gasteiger charge is 2.41. The van der Waals surface area contributed by atoms with Crippen LogP contribution < -0.4 is 10.1 Å². The lowest BCUT2D eigenvalue weighted by Gasteiger charge is -2.37. The van der Waals surface area contributed by atoms with Crippen LogP contribution in [0.15, 0.2) is 29.1 Å². The van der Waals surface area contributed by atoms with E-state index in [1.54, 1.807) is 0 Å². The van der Waals surface area contributed by atoms with Gasteiger partial charge >= 0.3 is 12.1 Å². The summed E-state index contributed by atoms with van der Waals surface area (Å²) in [4.78, 5) is 40.2. The van der Waals surface area contributed by atoms with E-state index >= 15 is 0 Å². The zero-order chi connectivity index (χ0) is 27.0. The van der Waals surface area contributed by atoms with Crippen LogP contribution >= 0.6 is 23.2 Å². The Hall–Kier alpha value is -3.03. The van der Waals surface area contributed by atoms with Crippen molar-refractivity contribution in [3.63, 3.8) is 0 Å². The molecule has 0 radical (unpaired) electrons. The second kappa shape index (κ2) is 12.8. The first-order valence-electron chi connectivity index (χ1n) is 10.1. The van der Waals surface area contributed by atoms with Crippen LogP contribution in [0.1, 0.15) is 12.5 Å². The highest BCUT2D eigenvalue weighted by atomic mass is 35.5. The highest BCUT2D eigenvalue weighted by Crippen LogP contribution is 2.37. The molecule has 15 heteroatoms. The van der Waals surface area contributed by atoms with Gasteiger partial charge in [0.2, 0.25) is 0 Å². The first kappa shape index (κ1) is 29.2. The van der Waals surface area contributed by atoms with Crippen LogP contribution in [0.4, 0.5) is 13.2 Å². The van der Waals surface area contributed by atoms with Crippen molar-refractivity contribution in [3.05, 3.63) is 39.5 Å². The van der Waals surface area contributed by atoms with Gasteiger partial charge in [-0.05, 0) is 29.8 Å². The van der Waals surface area contributed by atoms with Crippen molar-refractivity contribution in [3.8, 4) is 5.75 Å². The van der Waals surface area contributed by atoms with Crippen molar-refractivity contribution in [1.82, 2.24) is 10.2 Å². The lowest BCUT2D eigenvalue weighted by Crippen LogP contribution is -2.56. The molecule has 1 aromatic rings. The van der Waals surface area contributed by atoms with E-state index in [1.807, 2.05) is 0 Å². The average Bonchev–Trinajstić information content (AvgIpc) is 2.84. The minimum atomic E-state index is -4.77. The lowest BCUT2D eigenvalue weighted by molar-refractivity contribution is -0.143. The van der Waals surface area contributed by atoms with Crippen molar-refractivity contribution in [1.29, 1.82) is 0 Å². The molecule has 0 amide bonds. The standard InChI is InChI=1S/C21H22Cl2F3N3O7/c1-11(20(28-34-3)35-10-17(32)33-2)36-14-5-4-12(18(22)19(14)23)7-29-13(8-30)6-15(21(24,25)26)27-16(29)9-31/h4-6,8-9,11,13,16,27H,7,10H2,1-3H3. The molecule has 1 aliphatic rings. The monoisotopic (exact) mass is 555 g/mol. The Kier molecular flexibility index (Phi) is 10.4. The van der Waals surface area contributed by atoms with E-state index in [2.05, 4.69) is 20.0 Å². The molecule has 0 fully saturated rings. The van der Waals surface area contributed by atoms with Gasteiger partial charge in [0.05, 0.1) is 18.2 Å². The summed E-state index contributed by atoms with van der Waals surface area (Å²) in [6.07, 6.45) is -5.92. The third kappa shape index (κ3) is 7.24. The van der Waals surface area contributed by atoms with Gasteiger partial charge in [0.1, 0.15) is 36.0 Å². The first-order valence-corrected chi connectivity index (χ1v) is 10.9. The van der Waals surface area contributed by atoms with Crippen molar-refractivity contribution in [2.45, 2.75) is 38.0 Å². The molecule has 198 valence electrons. The van der Waals surface area contributed by atoms with Crippen LogP contribution in [0.2, 0.25) is 10.0 Å². The molecule has 3 atom stereocenters. The van der Waals surface area contributed by atoms with E-state index in [0.717, 1.165) is 0 Å². The van der Waals surface area contributed by atoms with E-state index in [9.17, 15) is 27.6 Å². The number of methoxy groups -OCH3 is 1. The Morgan fingerprint density at radius 2 is 1.92 bits per heavy atom. The maximum Gasteiger partial charge on any atom is 0.430 e. The second-order valence-electron chi connectivity index (χ2n) is 7.19. The van der Waals surface area contributed by atoms with Crippen molar-refractivity contribution in [2.75, 3.05) is 20.8 Å². The van der Waals surface area contributed by atoms with Gasteiger partial charge in [-0.25, -0.2) is 4.79 Å². The number of halogens is 5. The summed E-state index contributed by atoms with van der Waals surface area (Å²) >= 11 is 12.7. The minimum absolute atomic E-state index is 0.0260. The minimum Gasteiger partial charge on any atom is -0.479 e. The molecule has 0 aromatic heterocycles. The van der Waals surface area contributed by atoms with E-state index in [-0.39, 0.29) is 40.8 Å². The summed E-state index contributed by atoms with van der Waals surface area (Å²) in [5.41, 5.74) is -0.892. The fourth-order valence-electron chi connectivity index (χ4n) is 3.07. The van der Waals surface area contributed by atoms with Gasteiger partial charge in [-0.2, -0.15) is 13.2 Å². The molecule has 10 nitrogen and oxygen atoms in total. The van der Waals surface area contributed by atoms with Gasteiger partial charge in [-0.3, -0.25) is 9.69 Å². The molecule has 2 rings (SSSR count). The van der Waals surface area contributed by atoms with Crippen LogP contribution in [0.3, 0.4) is 0 Å². The van der Waals surface area contributed by atoms with Gasteiger partial charge < -0.3 is 29.2 Å². The molecule has 0 saturated carbocycles. The van der Waals surface area contributed by atoms with E-state index in [4.69, 9.17) is 32.7 Å². The summed E-state index contributed by atoms with van der Waals surface area (Å²) < 4.78 is 54.8. The molecule has 0 spiro atoms. The zero-order valence-electron chi connectivity index (χ0n) is 19.2. The number of benzene rings is 1. The summed E-state index contributed by atoms with van der Waals surface area (Å²) in [7, 11) is 2.44. The van der Waals surface area contributed by atoms with Crippen molar-refractivity contribution < 1.29 is 46.6 Å². The van der Waals surface area contributed by atoms with Crippen LogP contribution in [-0.2, 0) is 35.2 Å². The Bertz CT molecular complexity index is 1040. The number of esters is 1. The topological polar surface area (TPSA) is 116 Å².